The van der Waals surface area contributed by atoms with Crippen LogP contribution in [-0.2, 0) is 17.5 Å². The highest BCUT2D eigenvalue weighted by Crippen LogP contribution is 2.45. The molecular weight excluding hydrogens is 524 g/mol. The lowest BCUT2D eigenvalue weighted by atomic mass is 9.95. The number of hydrogen-bond donors (Lipinski definition) is 0. The van der Waals surface area contributed by atoms with Gasteiger partial charge in [-0.2, -0.15) is 13.2 Å². The summed E-state index contributed by atoms with van der Waals surface area (Å²) in [5.74, 6) is -1.02. The first-order chi connectivity index (χ1) is 17.8. The Morgan fingerprint density at radius 3 is 2.32 bits per heavy atom. The van der Waals surface area contributed by atoms with Gasteiger partial charge in [0.25, 0.3) is 0 Å². The van der Waals surface area contributed by atoms with Crippen LogP contribution < -0.4 is 4.74 Å². The van der Waals surface area contributed by atoms with Crippen molar-refractivity contribution in [2.24, 2.45) is 0 Å². The largest absolute Gasteiger partial charge is 0.474 e. The number of benzene rings is 1. The Balaban J connectivity index is 1.30. The number of rotatable bonds is 6. The highest BCUT2D eigenvalue weighted by Gasteiger charge is 2.43. The zero-order chi connectivity index (χ0) is 27.4. The highest BCUT2D eigenvalue weighted by atomic mass is 35.5. The number of carbonyl (C=O) groups excluding carboxylic acids is 1. The summed E-state index contributed by atoms with van der Waals surface area (Å²) in [6, 6.07) is 4.32. The van der Waals surface area contributed by atoms with Crippen LogP contribution in [-0.4, -0.2) is 39.6 Å². The van der Waals surface area contributed by atoms with Gasteiger partial charge in [0.1, 0.15) is 17.5 Å². The molecule has 38 heavy (non-hydrogen) atoms. The van der Waals surface area contributed by atoms with Crippen molar-refractivity contribution in [1.82, 2.24) is 9.88 Å². The standard InChI is InChI=1S/C28H31ClF4N2O3/c1-27(2,3)38-26(36)21-11-20(15-4-5-15)16(8-24(21)30)14-35-17-6-7-18(35)10-19(9-17)37-25-12-22(28(31,32)33)23(29)13-34-25/h8,11-13,15,17-19H,4-7,9-10,14H2,1-3H3/t17-,18+,19?. The normalized spacial score (nSPS) is 23.9. The topological polar surface area (TPSA) is 51.7 Å². The highest BCUT2D eigenvalue weighted by molar-refractivity contribution is 6.31. The van der Waals surface area contributed by atoms with E-state index in [-0.39, 0.29) is 29.6 Å². The van der Waals surface area contributed by atoms with Crippen molar-refractivity contribution >= 4 is 17.6 Å². The van der Waals surface area contributed by atoms with Gasteiger partial charge in [-0.05, 0) is 88.5 Å². The summed E-state index contributed by atoms with van der Waals surface area (Å²) >= 11 is 5.68. The molecule has 2 bridgehead atoms. The van der Waals surface area contributed by atoms with Crippen LogP contribution in [0.3, 0.4) is 0 Å². The molecule has 0 amide bonds. The van der Waals surface area contributed by atoms with Crippen molar-refractivity contribution in [2.75, 3.05) is 0 Å². The van der Waals surface area contributed by atoms with E-state index in [0.29, 0.717) is 25.3 Å². The summed E-state index contributed by atoms with van der Waals surface area (Å²) in [7, 11) is 0. The van der Waals surface area contributed by atoms with E-state index in [0.717, 1.165) is 49.1 Å². The van der Waals surface area contributed by atoms with E-state index in [2.05, 4.69) is 9.88 Å². The van der Waals surface area contributed by atoms with Crippen LogP contribution in [0.5, 0.6) is 5.88 Å². The maximum Gasteiger partial charge on any atom is 0.418 e. The SMILES string of the molecule is CC(C)(C)OC(=O)c1cc(C2CC2)c(CN2[C@@H]3CC[C@H]2CC(Oc2cc(C(F)(F)F)c(Cl)cn2)C3)cc1F. The molecule has 3 atom stereocenters. The molecule has 1 unspecified atom stereocenters. The number of halogens is 5. The molecule has 206 valence electrons. The number of nitrogens with zero attached hydrogens (tertiary/aromatic N) is 2. The monoisotopic (exact) mass is 554 g/mol. The predicted molar refractivity (Wildman–Crippen MR) is 134 cm³/mol. The molecule has 10 heteroatoms. The predicted octanol–water partition coefficient (Wildman–Crippen LogP) is 7.30. The molecule has 3 heterocycles. The maximum absolute atomic E-state index is 15.1. The van der Waals surface area contributed by atoms with E-state index < -0.39 is 34.1 Å². The lowest BCUT2D eigenvalue weighted by molar-refractivity contribution is -0.137. The van der Waals surface area contributed by atoms with Crippen LogP contribution in [0.2, 0.25) is 5.02 Å². The molecule has 0 N–H and O–H groups in total. The number of esters is 1. The molecule has 3 fully saturated rings. The zero-order valence-electron chi connectivity index (χ0n) is 21.6. The number of fused-ring (bicyclic) bond motifs is 2. The van der Waals surface area contributed by atoms with Gasteiger partial charge >= 0.3 is 12.1 Å². The second-order valence-corrected chi connectivity index (χ2v) is 12.0. The Kier molecular flexibility index (Phi) is 7.14. The molecule has 1 aromatic heterocycles. The van der Waals surface area contributed by atoms with E-state index in [1.165, 1.54) is 6.07 Å². The van der Waals surface area contributed by atoms with Crippen molar-refractivity contribution in [3.63, 3.8) is 0 Å². The van der Waals surface area contributed by atoms with Crippen LogP contribution in [0.25, 0.3) is 0 Å². The summed E-state index contributed by atoms with van der Waals surface area (Å²) in [6.45, 7) is 5.80. The zero-order valence-corrected chi connectivity index (χ0v) is 22.3. The van der Waals surface area contributed by atoms with Gasteiger partial charge in [-0.25, -0.2) is 14.2 Å². The summed E-state index contributed by atoms with van der Waals surface area (Å²) in [5, 5.41) is -0.462. The van der Waals surface area contributed by atoms with Gasteiger partial charge in [0.05, 0.1) is 22.3 Å². The van der Waals surface area contributed by atoms with Gasteiger partial charge in [-0.15, -0.1) is 0 Å². The van der Waals surface area contributed by atoms with Crippen LogP contribution in [0, 0.1) is 5.82 Å². The minimum absolute atomic E-state index is 0.0330. The average Bonchev–Trinajstić information content (AvgIpc) is 3.60. The molecule has 2 aromatic rings. The first-order valence-corrected chi connectivity index (χ1v) is 13.4. The quantitative estimate of drug-likeness (QED) is 0.277. The Hall–Kier alpha value is -2.39. The molecule has 2 saturated heterocycles. The minimum atomic E-state index is -4.59. The number of aromatic nitrogens is 1. The van der Waals surface area contributed by atoms with Crippen LogP contribution in [0.1, 0.15) is 92.3 Å². The second-order valence-electron chi connectivity index (χ2n) is 11.6. The number of alkyl halides is 3. The van der Waals surface area contributed by atoms with Gasteiger partial charge < -0.3 is 9.47 Å². The van der Waals surface area contributed by atoms with E-state index >= 15 is 4.39 Å². The molecule has 2 aliphatic heterocycles. The van der Waals surface area contributed by atoms with Gasteiger partial charge in [0.15, 0.2) is 0 Å². The summed E-state index contributed by atoms with van der Waals surface area (Å²) < 4.78 is 66.1. The molecule has 0 spiro atoms. The van der Waals surface area contributed by atoms with Gasteiger partial charge in [0.2, 0.25) is 5.88 Å². The van der Waals surface area contributed by atoms with Crippen molar-refractivity contribution in [1.29, 1.82) is 0 Å². The summed E-state index contributed by atoms with van der Waals surface area (Å²) in [6.07, 6.45) is 1.26. The molecule has 1 saturated carbocycles. The van der Waals surface area contributed by atoms with Crippen LogP contribution in [0.4, 0.5) is 17.6 Å². The Morgan fingerprint density at radius 1 is 1.08 bits per heavy atom. The number of carbonyl (C=O) groups is 1. The fraction of sp³-hybridized carbons (Fsp3) is 0.571. The van der Waals surface area contributed by atoms with E-state index in [1.807, 2.05) is 0 Å². The third-order valence-corrected chi connectivity index (χ3v) is 7.78. The molecular formula is C28H31ClF4N2O3. The minimum Gasteiger partial charge on any atom is -0.474 e. The van der Waals surface area contributed by atoms with E-state index in [4.69, 9.17) is 21.1 Å². The van der Waals surface area contributed by atoms with Crippen molar-refractivity contribution in [2.45, 2.75) is 102 Å². The van der Waals surface area contributed by atoms with Gasteiger partial charge in [0, 0.05) is 24.7 Å². The Bertz CT molecular complexity index is 1210. The number of hydrogen-bond acceptors (Lipinski definition) is 5. The Labute approximate surface area is 224 Å². The molecule has 1 aromatic carbocycles. The summed E-state index contributed by atoms with van der Waals surface area (Å²) in [5.41, 5.74) is 0.157. The third kappa shape index (κ3) is 5.93. The van der Waals surface area contributed by atoms with Crippen molar-refractivity contribution in [3.8, 4) is 5.88 Å². The molecule has 0 radical (unpaired) electrons. The fourth-order valence-electron chi connectivity index (χ4n) is 5.68. The Morgan fingerprint density at radius 2 is 1.74 bits per heavy atom. The van der Waals surface area contributed by atoms with Gasteiger partial charge in [-0.1, -0.05) is 11.6 Å². The van der Waals surface area contributed by atoms with Crippen molar-refractivity contribution in [3.05, 3.63) is 57.5 Å². The molecule has 3 aliphatic rings. The lowest BCUT2D eigenvalue weighted by Crippen LogP contribution is -2.46. The van der Waals surface area contributed by atoms with Crippen LogP contribution >= 0.6 is 11.6 Å². The molecule has 5 rings (SSSR count). The van der Waals surface area contributed by atoms with Crippen molar-refractivity contribution < 1.29 is 31.8 Å². The first-order valence-electron chi connectivity index (χ1n) is 13.0. The maximum atomic E-state index is 15.1. The number of piperidine rings is 1. The van der Waals surface area contributed by atoms with Gasteiger partial charge in [-0.3, -0.25) is 4.90 Å². The average molecular weight is 555 g/mol. The smallest absolute Gasteiger partial charge is 0.418 e. The number of pyridine rings is 1. The lowest BCUT2D eigenvalue weighted by Gasteiger charge is -2.39. The van der Waals surface area contributed by atoms with E-state index in [1.54, 1.807) is 26.8 Å². The first kappa shape index (κ1) is 27.2. The third-order valence-electron chi connectivity index (χ3n) is 7.48. The second kappa shape index (κ2) is 9.97. The summed E-state index contributed by atoms with van der Waals surface area (Å²) in [4.78, 5) is 18.9. The van der Waals surface area contributed by atoms with E-state index in [9.17, 15) is 18.0 Å². The molecule has 5 nitrogen and oxygen atoms in total. The fourth-order valence-corrected chi connectivity index (χ4v) is 5.89. The number of ether oxygens (including phenoxy) is 2. The molecule has 1 aliphatic carbocycles. The van der Waals surface area contributed by atoms with Crippen LogP contribution in [0.15, 0.2) is 24.4 Å².